The Morgan fingerprint density at radius 1 is 0.903 bits per heavy atom. The number of carbonyl (C=O) groups is 1. The van der Waals surface area contributed by atoms with E-state index >= 15 is 0 Å². The first-order valence-corrected chi connectivity index (χ1v) is 11.4. The summed E-state index contributed by atoms with van der Waals surface area (Å²) in [5.74, 6) is 1.28. The van der Waals surface area contributed by atoms with Crippen LogP contribution >= 0.6 is 0 Å². The first kappa shape index (κ1) is 22.2. The van der Waals surface area contributed by atoms with Gasteiger partial charge in [0.15, 0.2) is 11.9 Å². The molecule has 0 aliphatic rings. The van der Waals surface area contributed by atoms with Crippen molar-refractivity contribution in [3.8, 4) is 17.2 Å². The Hall–Kier alpha value is -3.52. The summed E-state index contributed by atoms with van der Waals surface area (Å²) in [5, 5.41) is 2.82. The minimum atomic E-state index is -3.35. The molecule has 3 rings (SSSR count). The molecule has 0 aliphatic heterocycles. The number of nitrogens with one attached hydrogen (secondary N) is 1. The first-order chi connectivity index (χ1) is 14.7. The molecule has 0 spiro atoms. The van der Waals surface area contributed by atoms with Gasteiger partial charge in [-0.25, -0.2) is 8.42 Å². The smallest absolute Gasteiger partial charge is 0.265 e. The third-order valence-corrected chi connectivity index (χ3v) is 5.70. The Labute approximate surface area is 182 Å². The number of carbonyl (C=O) groups excluding carboxylic acids is 1. The lowest BCUT2D eigenvalue weighted by Crippen LogP contribution is -2.30. The van der Waals surface area contributed by atoms with Crippen molar-refractivity contribution in [3.63, 3.8) is 0 Å². The standard InChI is InChI=1S/C23H24N2O5S/c1-17(29-20-15-13-18(14-16-20)25(2)31(3,27)28)23(26)24-21-11-7-8-12-22(21)30-19-9-5-4-6-10-19/h4-17H,1-3H3,(H,24,26)/t17-/m0/s1. The SMILES string of the molecule is C[C@H](Oc1ccc(N(C)S(C)(=O)=O)cc1)C(=O)Nc1ccccc1Oc1ccccc1. The van der Waals surface area contributed by atoms with Crippen molar-refractivity contribution >= 4 is 27.3 Å². The van der Waals surface area contributed by atoms with Crippen LogP contribution < -0.4 is 19.1 Å². The van der Waals surface area contributed by atoms with Gasteiger partial charge >= 0.3 is 0 Å². The minimum absolute atomic E-state index is 0.346. The van der Waals surface area contributed by atoms with Crippen LogP contribution in [0.3, 0.4) is 0 Å². The molecule has 1 atom stereocenters. The molecule has 0 saturated heterocycles. The van der Waals surface area contributed by atoms with Gasteiger partial charge in [-0.05, 0) is 55.5 Å². The van der Waals surface area contributed by atoms with Crippen LogP contribution in [-0.4, -0.2) is 33.7 Å². The van der Waals surface area contributed by atoms with Gasteiger partial charge in [0.25, 0.3) is 5.91 Å². The van der Waals surface area contributed by atoms with Gasteiger partial charge in [0.1, 0.15) is 11.5 Å². The van der Waals surface area contributed by atoms with Crippen LogP contribution in [0.1, 0.15) is 6.92 Å². The second-order valence-electron chi connectivity index (χ2n) is 6.88. The molecule has 1 amide bonds. The average Bonchev–Trinajstić information content (AvgIpc) is 2.75. The minimum Gasteiger partial charge on any atom is -0.481 e. The van der Waals surface area contributed by atoms with Gasteiger partial charge in [0.05, 0.1) is 17.6 Å². The summed E-state index contributed by atoms with van der Waals surface area (Å²) >= 11 is 0. The van der Waals surface area contributed by atoms with E-state index in [0.29, 0.717) is 28.6 Å². The molecule has 7 nitrogen and oxygen atoms in total. The van der Waals surface area contributed by atoms with Crippen LogP contribution in [0.5, 0.6) is 17.2 Å². The number of hydrogen-bond acceptors (Lipinski definition) is 5. The predicted molar refractivity (Wildman–Crippen MR) is 121 cm³/mol. The maximum Gasteiger partial charge on any atom is 0.265 e. The maximum atomic E-state index is 12.6. The summed E-state index contributed by atoms with van der Waals surface area (Å²) in [6, 6.07) is 22.9. The first-order valence-electron chi connectivity index (χ1n) is 9.57. The van der Waals surface area contributed by atoms with Gasteiger partial charge in [-0.15, -0.1) is 0 Å². The molecule has 0 fully saturated rings. The summed E-state index contributed by atoms with van der Waals surface area (Å²) in [7, 11) is -1.88. The number of nitrogens with zero attached hydrogens (tertiary/aromatic N) is 1. The lowest BCUT2D eigenvalue weighted by atomic mass is 10.2. The molecule has 162 valence electrons. The molecule has 0 bridgehead atoms. The number of benzene rings is 3. The Morgan fingerprint density at radius 3 is 2.16 bits per heavy atom. The fraction of sp³-hybridized carbons (Fsp3) is 0.174. The van der Waals surface area contributed by atoms with E-state index in [1.165, 1.54) is 7.05 Å². The van der Waals surface area contributed by atoms with Crippen molar-refractivity contribution in [1.29, 1.82) is 0 Å². The van der Waals surface area contributed by atoms with E-state index in [1.54, 1.807) is 49.4 Å². The van der Waals surface area contributed by atoms with Gasteiger partial charge in [-0.3, -0.25) is 9.10 Å². The maximum absolute atomic E-state index is 12.6. The Morgan fingerprint density at radius 2 is 1.52 bits per heavy atom. The van der Waals surface area contributed by atoms with Crippen molar-refractivity contribution in [2.24, 2.45) is 0 Å². The summed E-state index contributed by atoms with van der Waals surface area (Å²) in [6.07, 6.45) is 0.340. The number of sulfonamides is 1. The van der Waals surface area contributed by atoms with E-state index in [1.807, 2.05) is 36.4 Å². The summed E-state index contributed by atoms with van der Waals surface area (Å²) < 4.78 is 36.0. The lowest BCUT2D eigenvalue weighted by molar-refractivity contribution is -0.122. The average molecular weight is 441 g/mol. The molecule has 0 radical (unpaired) electrons. The molecule has 3 aromatic rings. The molecule has 0 aliphatic carbocycles. The van der Waals surface area contributed by atoms with Crippen LogP contribution in [0.15, 0.2) is 78.9 Å². The fourth-order valence-electron chi connectivity index (χ4n) is 2.69. The van der Waals surface area contributed by atoms with E-state index in [-0.39, 0.29) is 5.91 Å². The van der Waals surface area contributed by atoms with Gasteiger partial charge < -0.3 is 14.8 Å². The zero-order valence-electron chi connectivity index (χ0n) is 17.5. The van der Waals surface area contributed by atoms with Crippen molar-refractivity contribution in [2.75, 3.05) is 22.9 Å². The molecule has 3 aromatic carbocycles. The van der Waals surface area contributed by atoms with E-state index < -0.39 is 16.1 Å². The highest BCUT2D eigenvalue weighted by atomic mass is 32.2. The third kappa shape index (κ3) is 5.99. The van der Waals surface area contributed by atoms with Gasteiger partial charge in [0.2, 0.25) is 10.0 Å². The molecule has 0 saturated carbocycles. The van der Waals surface area contributed by atoms with Crippen molar-refractivity contribution in [1.82, 2.24) is 0 Å². The summed E-state index contributed by atoms with van der Waals surface area (Å²) in [5.41, 5.74) is 1.02. The topological polar surface area (TPSA) is 84.9 Å². The Balaban J connectivity index is 1.65. The third-order valence-electron chi connectivity index (χ3n) is 4.50. The Bertz CT molecular complexity index is 1130. The monoisotopic (exact) mass is 440 g/mol. The van der Waals surface area contributed by atoms with Gasteiger partial charge in [-0.1, -0.05) is 30.3 Å². The molecular weight excluding hydrogens is 416 g/mol. The summed E-state index contributed by atoms with van der Waals surface area (Å²) in [4.78, 5) is 12.6. The van der Waals surface area contributed by atoms with Crippen molar-refractivity contribution < 1.29 is 22.7 Å². The fourth-order valence-corrected chi connectivity index (χ4v) is 3.20. The highest BCUT2D eigenvalue weighted by Crippen LogP contribution is 2.29. The lowest BCUT2D eigenvalue weighted by Gasteiger charge is -2.19. The number of rotatable bonds is 8. The number of ether oxygens (including phenoxy) is 2. The van der Waals surface area contributed by atoms with Crippen LogP contribution in [0.2, 0.25) is 0 Å². The van der Waals surface area contributed by atoms with Crippen LogP contribution in [0.4, 0.5) is 11.4 Å². The zero-order chi connectivity index (χ0) is 22.4. The van der Waals surface area contributed by atoms with E-state index in [9.17, 15) is 13.2 Å². The molecule has 0 unspecified atom stereocenters. The number of anilines is 2. The van der Waals surface area contributed by atoms with Crippen LogP contribution in [0.25, 0.3) is 0 Å². The van der Waals surface area contributed by atoms with Crippen molar-refractivity contribution in [3.05, 3.63) is 78.9 Å². The van der Waals surface area contributed by atoms with Crippen LogP contribution in [-0.2, 0) is 14.8 Å². The second kappa shape index (κ2) is 9.53. The summed E-state index contributed by atoms with van der Waals surface area (Å²) in [6.45, 7) is 1.63. The van der Waals surface area contributed by atoms with E-state index in [0.717, 1.165) is 10.6 Å². The van der Waals surface area contributed by atoms with Gasteiger partial charge in [0, 0.05) is 7.05 Å². The van der Waals surface area contributed by atoms with Gasteiger partial charge in [-0.2, -0.15) is 0 Å². The molecule has 31 heavy (non-hydrogen) atoms. The zero-order valence-corrected chi connectivity index (χ0v) is 18.3. The van der Waals surface area contributed by atoms with Crippen molar-refractivity contribution in [2.45, 2.75) is 13.0 Å². The molecular formula is C23H24N2O5S. The highest BCUT2D eigenvalue weighted by molar-refractivity contribution is 7.92. The second-order valence-corrected chi connectivity index (χ2v) is 8.90. The van der Waals surface area contributed by atoms with Crippen LogP contribution in [0, 0.1) is 0 Å². The molecule has 0 heterocycles. The highest BCUT2D eigenvalue weighted by Gasteiger charge is 2.18. The normalized spacial score (nSPS) is 12.0. The molecule has 1 N–H and O–H groups in total. The predicted octanol–water partition coefficient (Wildman–Crippen LogP) is 4.28. The quantitative estimate of drug-likeness (QED) is 0.565. The molecule has 8 heteroatoms. The number of para-hydroxylation sites is 3. The van der Waals surface area contributed by atoms with E-state index in [4.69, 9.17) is 9.47 Å². The molecule has 0 aromatic heterocycles. The van der Waals surface area contributed by atoms with E-state index in [2.05, 4.69) is 5.32 Å². The largest absolute Gasteiger partial charge is 0.481 e. The number of hydrogen-bond donors (Lipinski definition) is 1. The number of amides is 1. The Kier molecular flexibility index (Phi) is 6.81.